The average molecular weight is 203 g/mol. The average Bonchev–Trinajstić information content (AvgIpc) is 2.03. The van der Waals surface area contributed by atoms with Gasteiger partial charge < -0.3 is 15.3 Å². The molecule has 1 rings (SSSR count). The van der Waals surface area contributed by atoms with Gasteiger partial charge in [0.25, 0.3) is 0 Å². The molecule has 1 aromatic rings. The molecule has 3 N–H and O–H groups in total. The van der Waals surface area contributed by atoms with Crippen molar-refractivity contribution in [2.45, 2.75) is 6.10 Å². The van der Waals surface area contributed by atoms with Crippen molar-refractivity contribution in [3.8, 4) is 5.75 Å². The van der Waals surface area contributed by atoms with Crippen molar-refractivity contribution in [1.29, 1.82) is 0 Å². The highest BCUT2D eigenvalue weighted by Gasteiger charge is 2.22. The number of carbonyl (C=O) groups is 1. The minimum absolute atomic E-state index is 0.0231. The Hall–Kier alpha value is -1.26. The van der Waals surface area contributed by atoms with E-state index in [1.54, 1.807) is 0 Å². The maximum atomic E-state index is 10.4. The van der Waals surface area contributed by atoms with E-state index in [1.807, 2.05) is 0 Å². The second kappa shape index (κ2) is 3.64. The smallest absolute Gasteiger partial charge is 0.337 e. The van der Waals surface area contributed by atoms with E-state index in [4.69, 9.17) is 21.8 Å². The van der Waals surface area contributed by atoms with Crippen LogP contribution in [0, 0.1) is 0 Å². The summed E-state index contributed by atoms with van der Waals surface area (Å²) in [5.41, 5.74) is -0.184. The highest BCUT2D eigenvalue weighted by molar-refractivity contribution is 6.31. The topological polar surface area (TPSA) is 77.8 Å². The van der Waals surface area contributed by atoms with Crippen LogP contribution in [0.5, 0.6) is 5.75 Å². The number of aliphatic carboxylic acids is 1. The maximum Gasteiger partial charge on any atom is 0.337 e. The van der Waals surface area contributed by atoms with Crippen LogP contribution in [0.2, 0.25) is 5.02 Å². The molecular formula is C8H7ClO4. The molecule has 0 fully saturated rings. The van der Waals surface area contributed by atoms with E-state index in [0.29, 0.717) is 0 Å². The Morgan fingerprint density at radius 1 is 1.46 bits per heavy atom. The van der Waals surface area contributed by atoms with Gasteiger partial charge in [-0.25, -0.2) is 4.79 Å². The number of hydrogen-bond acceptors (Lipinski definition) is 3. The van der Waals surface area contributed by atoms with Crippen LogP contribution in [-0.2, 0) is 4.79 Å². The van der Waals surface area contributed by atoms with Gasteiger partial charge >= 0.3 is 5.97 Å². The predicted molar refractivity (Wildman–Crippen MR) is 45.7 cm³/mol. The number of aliphatic hydroxyl groups is 1. The number of aromatic hydroxyl groups is 1. The van der Waals surface area contributed by atoms with Gasteiger partial charge in [0.15, 0.2) is 6.10 Å². The van der Waals surface area contributed by atoms with Crippen molar-refractivity contribution in [1.82, 2.24) is 0 Å². The lowest BCUT2D eigenvalue weighted by Gasteiger charge is -2.09. The summed E-state index contributed by atoms with van der Waals surface area (Å²) in [4.78, 5) is 10.4. The molecule has 0 aliphatic heterocycles. The molecule has 0 radical (unpaired) electrons. The van der Waals surface area contributed by atoms with Crippen LogP contribution >= 0.6 is 11.6 Å². The van der Waals surface area contributed by atoms with Gasteiger partial charge in [-0.05, 0) is 12.1 Å². The fraction of sp³-hybridized carbons (Fsp3) is 0.125. The van der Waals surface area contributed by atoms with Gasteiger partial charge in [0, 0.05) is 0 Å². The van der Waals surface area contributed by atoms with Gasteiger partial charge in [0.05, 0.1) is 10.6 Å². The Labute approximate surface area is 79.0 Å². The first-order valence-electron chi connectivity index (χ1n) is 3.42. The molecule has 70 valence electrons. The highest BCUT2D eigenvalue weighted by atomic mass is 35.5. The monoisotopic (exact) mass is 202 g/mol. The third-order valence-electron chi connectivity index (χ3n) is 1.54. The summed E-state index contributed by atoms with van der Waals surface area (Å²) in [7, 11) is 0. The lowest BCUT2D eigenvalue weighted by molar-refractivity contribution is -0.147. The number of carboxylic acid groups (broad SMARTS) is 1. The highest BCUT2D eigenvalue weighted by Crippen LogP contribution is 2.31. The fourth-order valence-corrected chi connectivity index (χ4v) is 1.19. The summed E-state index contributed by atoms with van der Waals surface area (Å²) in [5, 5.41) is 26.8. The van der Waals surface area contributed by atoms with Crippen molar-refractivity contribution in [2.24, 2.45) is 0 Å². The molecule has 0 aliphatic rings. The number of phenolic OH excluding ortho intramolecular Hbond substituents is 1. The van der Waals surface area contributed by atoms with Gasteiger partial charge in [0.1, 0.15) is 5.75 Å². The molecule has 0 saturated carbocycles. The van der Waals surface area contributed by atoms with Crippen molar-refractivity contribution < 1.29 is 20.1 Å². The number of hydrogen-bond donors (Lipinski definition) is 3. The van der Waals surface area contributed by atoms with E-state index in [1.165, 1.54) is 18.2 Å². The van der Waals surface area contributed by atoms with Crippen LogP contribution in [0.1, 0.15) is 11.7 Å². The van der Waals surface area contributed by atoms with Crippen LogP contribution < -0.4 is 0 Å². The van der Waals surface area contributed by atoms with E-state index in [0.717, 1.165) is 0 Å². The van der Waals surface area contributed by atoms with Crippen molar-refractivity contribution in [3.63, 3.8) is 0 Å². The van der Waals surface area contributed by atoms with Crippen molar-refractivity contribution in [3.05, 3.63) is 28.8 Å². The zero-order valence-corrected chi connectivity index (χ0v) is 7.19. The second-order valence-electron chi connectivity index (χ2n) is 2.41. The Morgan fingerprint density at radius 3 is 2.54 bits per heavy atom. The minimum atomic E-state index is -1.80. The first-order valence-corrected chi connectivity index (χ1v) is 3.80. The lowest BCUT2D eigenvalue weighted by Crippen LogP contribution is -2.11. The minimum Gasteiger partial charge on any atom is -0.507 e. The zero-order chi connectivity index (χ0) is 10.0. The number of phenols is 1. The first kappa shape index (κ1) is 9.83. The second-order valence-corrected chi connectivity index (χ2v) is 2.82. The van der Waals surface area contributed by atoms with E-state index in [-0.39, 0.29) is 16.3 Å². The number of halogens is 1. The van der Waals surface area contributed by atoms with Gasteiger partial charge in [-0.1, -0.05) is 17.7 Å². The van der Waals surface area contributed by atoms with Gasteiger partial charge in [-0.3, -0.25) is 0 Å². The first-order chi connectivity index (χ1) is 6.04. The molecule has 0 bridgehead atoms. The molecule has 5 heteroatoms. The maximum absolute atomic E-state index is 10.4. The Kier molecular flexibility index (Phi) is 2.75. The largest absolute Gasteiger partial charge is 0.507 e. The summed E-state index contributed by atoms with van der Waals surface area (Å²) >= 11 is 5.59. The fourth-order valence-electron chi connectivity index (χ4n) is 0.920. The molecule has 13 heavy (non-hydrogen) atoms. The van der Waals surface area contributed by atoms with E-state index >= 15 is 0 Å². The van der Waals surface area contributed by atoms with E-state index in [9.17, 15) is 9.90 Å². The molecule has 0 heterocycles. The van der Waals surface area contributed by atoms with Crippen molar-refractivity contribution >= 4 is 17.6 Å². The third-order valence-corrected chi connectivity index (χ3v) is 1.87. The summed E-state index contributed by atoms with van der Waals surface area (Å²) < 4.78 is 0. The van der Waals surface area contributed by atoms with E-state index < -0.39 is 12.1 Å². The van der Waals surface area contributed by atoms with Gasteiger partial charge in [-0.15, -0.1) is 0 Å². The number of benzene rings is 1. The molecule has 4 nitrogen and oxygen atoms in total. The Morgan fingerprint density at radius 2 is 2.08 bits per heavy atom. The molecule has 0 saturated heterocycles. The van der Waals surface area contributed by atoms with Crippen LogP contribution in [0.3, 0.4) is 0 Å². The zero-order valence-electron chi connectivity index (χ0n) is 6.44. The molecule has 1 atom stereocenters. The Bertz CT molecular complexity index is 317. The van der Waals surface area contributed by atoms with E-state index in [2.05, 4.69) is 0 Å². The van der Waals surface area contributed by atoms with Crippen LogP contribution in [0.4, 0.5) is 0 Å². The van der Waals surface area contributed by atoms with Crippen molar-refractivity contribution in [2.75, 3.05) is 0 Å². The molecular weight excluding hydrogens is 196 g/mol. The summed E-state index contributed by atoms with van der Waals surface area (Å²) in [6, 6.07) is 4.10. The molecule has 1 aromatic carbocycles. The summed E-state index contributed by atoms with van der Waals surface area (Å²) in [6.45, 7) is 0. The van der Waals surface area contributed by atoms with Gasteiger partial charge in [-0.2, -0.15) is 0 Å². The standard InChI is InChI=1S/C8H7ClO4/c9-4-2-1-3-5(10)6(4)7(11)8(12)13/h1-3,7,10-11H,(H,12,13). The van der Waals surface area contributed by atoms with Gasteiger partial charge in [0.2, 0.25) is 0 Å². The quantitative estimate of drug-likeness (QED) is 0.673. The summed E-state index contributed by atoms with van der Waals surface area (Å²) in [6.07, 6.45) is -1.80. The predicted octanol–water partition coefficient (Wildman–Crippen LogP) is 1.16. The normalized spacial score (nSPS) is 12.5. The van der Waals surface area contributed by atoms with Crippen LogP contribution in [0.25, 0.3) is 0 Å². The molecule has 0 aromatic heterocycles. The van der Waals surface area contributed by atoms with Crippen LogP contribution in [0.15, 0.2) is 18.2 Å². The third kappa shape index (κ3) is 1.91. The number of carboxylic acids is 1. The molecule has 1 unspecified atom stereocenters. The number of rotatable bonds is 2. The molecule has 0 aliphatic carbocycles. The number of aliphatic hydroxyl groups excluding tert-OH is 1. The van der Waals surface area contributed by atoms with Crippen LogP contribution in [-0.4, -0.2) is 21.3 Å². The molecule has 0 spiro atoms. The summed E-state index contributed by atoms with van der Waals surface area (Å²) in [5.74, 6) is -1.79. The Balaban J connectivity index is 3.20. The lowest BCUT2D eigenvalue weighted by atomic mass is 10.1. The molecule has 0 amide bonds. The SMILES string of the molecule is O=C(O)C(O)c1c(O)cccc1Cl.